The molecule has 1 N–H and O–H groups in total. The predicted molar refractivity (Wildman–Crippen MR) is 136 cm³/mol. The number of hydrogen-bond acceptors (Lipinski definition) is 7. The van der Waals surface area contributed by atoms with Crippen molar-refractivity contribution in [1.82, 2.24) is 0 Å². The van der Waals surface area contributed by atoms with Crippen LogP contribution in [0.1, 0.15) is 51.9 Å². The standard InChI is InChI=1S/C29H36O7/c1-18(2)23(14-26-20(4)17-33-29(36-26)22-9-7-6-8-10-22)15-27(34-21(5)31)25-16-24(35-28(25)32)13-19(3)11-12-30/h6-11,16,23-24,26-27,29-30H,1,4,12-15,17H2,2-3,5H3/b19-11+/t23-,24-,26?,27?,29?/m1/s1. The molecule has 1 aromatic carbocycles. The Balaban J connectivity index is 1.76. The lowest BCUT2D eigenvalue weighted by Gasteiger charge is -2.35. The van der Waals surface area contributed by atoms with Crippen LogP contribution in [-0.4, -0.2) is 48.6 Å². The summed E-state index contributed by atoms with van der Waals surface area (Å²) in [4.78, 5) is 24.7. The molecule has 0 spiro atoms. The SMILES string of the molecule is C=C1COC(c2ccccc2)OC1C[C@H](CC(OC(C)=O)C1=C[C@@H](C/C(C)=C/CO)OC1=O)C(=C)C. The first-order chi connectivity index (χ1) is 17.2. The summed E-state index contributed by atoms with van der Waals surface area (Å²) in [5.41, 5.74) is 3.86. The molecule has 36 heavy (non-hydrogen) atoms. The molecule has 2 aliphatic heterocycles. The van der Waals surface area contributed by atoms with Gasteiger partial charge in [0.15, 0.2) is 6.29 Å². The molecule has 1 aromatic rings. The molecule has 194 valence electrons. The van der Waals surface area contributed by atoms with Gasteiger partial charge in [-0.3, -0.25) is 4.79 Å². The van der Waals surface area contributed by atoms with Crippen LogP contribution >= 0.6 is 0 Å². The summed E-state index contributed by atoms with van der Waals surface area (Å²) < 4.78 is 23.2. The van der Waals surface area contributed by atoms with E-state index in [4.69, 9.17) is 24.1 Å². The first-order valence-corrected chi connectivity index (χ1v) is 12.2. The van der Waals surface area contributed by atoms with Crippen molar-refractivity contribution in [1.29, 1.82) is 0 Å². The van der Waals surface area contributed by atoms with Crippen molar-refractivity contribution in [3.05, 3.63) is 83.5 Å². The number of aliphatic hydroxyl groups excluding tert-OH is 1. The number of esters is 2. The molecule has 0 aromatic heterocycles. The van der Waals surface area contributed by atoms with Gasteiger partial charge >= 0.3 is 11.9 Å². The molecule has 0 amide bonds. The predicted octanol–water partition coefficient (Wildman–Crippen LogP) is 4.74. The minimum atomic E-state index is -0.776. The molecule has 0 radical (unpaired) electrons. The van der Waals surface area contributed by atoms with Crippen LogP contribution in [0.25, 0.3) is 0 Å². The maximum Gasteiger partial charge on any atom is 0.338 e. The second-order valence-electron chi connectivity index (χ2n) is 9.45. The number of benzene rings is 1. The van der Waals surface area contributed by atoms with E-state index >= 15 is 0 Å². The molecular weight excluding hydrogens is 460 g/mol. The van der Waals surface area contributed by atoms with Gasteiger partial charge in [-0.2, -0.15) is 0 Å². The highest BCUT2D eigenvalue weighted by Crippen LogP contribution is 2.36. The highest BCUT2D eigenvalue weighted by atomic mass is 16.7. The van der Waals surface area contributed by atoms with E-state index in [0.29, 0.717) is 31.4 Å². The molecule has 2 aliphatic rings. The maximum absolute atomic E-state index is 12.7. The summed E-state index contributed by atoms with van der Waals surface area (Å²) in [7, 11) is 0. The minimum Gasteiger partial charge on any atom is -0.457 e. The highest BCUT2D eigenvalue weighted by Gasteiger charge is 2.36. The molecule has 0 aliphatic carbocycles. The van der Waals surface area contributed by atoms with Crippen molar-refractivity contribution in [2.45, 2.75) is 64.6 Å². The molecule has 1 saturated heterocycles. The van der Waals surface area contributed by atoms with E-state index in [1.54, 1.807) is 12.2 Å². The van der Waals surface area contributed by atoms with E-state index in [2.05, 4.69) is 13.2 Å². The Labute approximate surface area is 213 Å². The fourth-order valence-electron chi connectivity index (χ4n) is 4.43. The van der Waals surface area contributed by atoms with Crippen molar-refractivity contribution in [2.24, 2.45) is 5.92 Å². The minimum absolute atomic E-state index is 0.0792. The Kier molecular flexibility index (Phi) is 9.81. The first kappa shape index (κ1) is 27.6. The summed E-state index contributed by atoms with van der Waals surface area (Å²) in [6.07, 6.45) is 2.74. The average molecular weight is 497 g/mol. The van der Waals surface area contributed by atoms with Crippen LogP contribution in [0.5, 0.6) is 0 Å². The largest absolute Gasteiger partial charge is 0.457 e. The summed E-state index contributed by atoms with van der Waals surface area (Å²) in [6, 6.07) is 9.71. The van der Waals surface area contributed by atoms with E-state index in [0.717, 1.165) is 22.3 Å². The Morgan fingerprint density at radius 1 is 1.25 bits per heavy atom. The summed E-state index contributed by atoms with van der Waals surface area (Å²) in [5.74, 6) is -1.10. The number of rotatable bonds is 11. The first-order valence-electron chi connectivity index (χ1n) is 12.2. The third kappa shape index (κ3) is 7.50. The van der Waals surface area contributed by atoms with Gasteiger partial charge in [0.05, 0.1) is 24.9 Å². The van der Waals surface area contributed by atoms with Crippen LogP contribution in [-0.2, 0) is 28.5 Å². The van der Waals surface area contributed by atoms with Crippen molar-refractivity contribution >= 4 is 11.9 Å². The van der Waals surface area contributed by atoms with Gasteiger partial charge in [0, 0.05) is 18.9 Å². The van der Waals surface area contributed by atoms with E-state index in [-0.39, 0.29) is 18.6 Å². The van der Waals surface area contributed by atoms with E-state index in [1.165, 1.54) is 6.92 Å². The molecule has 2 heterocycles. The summed E-state index contributed by atoms with van der Waals surface area (Å²) in [6.45, 7) is 13.7. The molecule has 0 bridgehead atoms. The molecule has 7 heteroatoms. The van der Waals surface area contributed by atoms with Crippen molar-refractivity contribution in [3.63, 3.8) is 0 Å². The van der Waals surface area contributed by atoms with Crippen molar-refractivity contribution in [2.75, 3.05) is 13.2 Å². The quantitative estimate of drug-likeness (QED) is 0.349. The lowest BCUT2D eigenvalue weighted by atomic mass is 9.85. The topological polar surface area (TPSA) is 91.3 Å². The summed E-state index contributed by atoms with van der Waals surface area (Å²) >= 11 is 0. The zero-order valence-electron chi connectivity index (χ0n) is 21.3. The maximum atomic E-state index is 12.7. The van der Waals surface area contributed by atoms with Gasteiger partial charge in [-0.15, -0.1) is 0 Å². The Morgan fingerprint density at radius 3 is 2.61 bits per heavy atom. The average Bonchev–Trinajstić information content (AvgIpc) is 3.19. The van der Waals surface area contributed by atoms with Crippen molar-refractivity contribution < 1.29 is 33.6 Å². The molecule has 0 saturated carbocycles. The van der Waals surface area contributed by atoms with Gasteiger partial charge in [-0.1, -0.05) is 60.7 Å². The van der Waals surface area contributed by atoms with Crippen LogP contribution < -0.4 is 0 Å². The molecule has 5 atom stereocenters. The van der Waals surface area contributed by atoms with Gasteiger partial charge in [-0.05, 0) is 44.3 Å². The fourth-order valence-corrected chi connectivity index (χ4v) is 4.43. The zero-order chi connectivity index (χ0) is 26.2. The van der Waals surface area contributed by atoms with E-state index in [1.807, 2.05) is 44.2 Å². The molecule has 1 fully saturated rings. The third-order valence-electron chi connectivity index (χ3n) is 6.41. The van der Waals surface area contributed by atoms with Gasteiger partial charge in [-0.25, -0.2) is 4.79 Å². The number of carbonyl (C=O) groups is 2. The van der Waals surface area contributed by atoms with E-state index < -0.39 is 30.4 Å². The van der Waals surface area contributed by atoms with Crippen LogP contribution in [0, 0.1) is 5.92 Å². The number of aliphatic hydroxyl groups is 1. The zero-order valence-corrected chi connectivity index (χ0v) is 21.3. The number of hydrogen-bond donors (Lipinski definition) is 1. The second-order valence-corrected chi connectivity index (χ2v) is 9.45. The third-order valence-corrected chi connectivity index (χ3v) is 6.41. The van der Waals surface area contributed by atoms with Crippen molar-refractivity contribution in [3.8, 4) is 0 Å². The number of ether oxygens (including phenoxy) is 4. The molecular formula is C29H36O7. The van der Waals surface area contributed by atoms with Gasteiger partial charge in [0.1, 0.15) is 12.2 Å². The smallest absolute Gasteiger partial charge is 0.338 e. The van der Waals surface area contributed by atoms with Gasteiger partial charge < -0.3 is 24.1 Å². The highest BCUT2D eigenvalue weighted by molar-refractivity contribution is 5.92. The Morgan fingerprint density at radius 2 is 1.97 bits per heavy atom. The Hall–Kier alpha value is -3.00. The molecule has 3 rings (SSSR count). The normalized spacial score (nSPS) is 24.1. The number of carbonyl (C=O) groups excluding carboxylic acids is 2. The lowest BCUT2D eigenvalue weighted by molar-refractivity contribution is -0.195. The van der Waals surface area contributed by atoms with Gasteiger partial charge in [0.25, 0.3) is 0 Å². The Bertz CT molecular complexity index is 1020. The van der Waals surface area contributed by atoms with Crippen LogP contribution in [0.4, 0.5) is 0 Å². The number of allylic oxidation sites excluding steroid dienone is 1. The monoisotopic (exact) mass is 496 g/mol. The van der Waals surface area contributed by atoms with Crippen LogP contribution in [0.15, 0.2) is 77.9 Å². The second kappa shape index (κ2) is 12.8. The molecule has 3 unspecified atom stereocenters. The van der Waals surface area contributed by atoms with Gasteiger partial charge in [0.2, 0.25) is 0 Å². The summed E-state index contributed by atoms with van der Waals surface area (Å²) in [5, 5.41) is 9.10. The lowest BCUT2D eigenvalue weighted by Crippen LogP contribution is -2.33. The number of cyclic esters (lactones) is 1. The fraction of sp³-hybridized carbons (Fsp3) is 0.448. The van der Waals surface area contributed by atoms with Crippen LogP contribution in [0.3, 0.4) is 0 Å². The van der Waals surface area contributed by atoms with E-state index in [9.17, 15) is 9.59 Å². The molecule has 7 nitrogen and oxygen atoms in total. The van der Waals surface area contributed by atoms with Crippen LogP contribution in [0.2, 0.25) is 0 Å².